The highest BCUT2D eigenvalue weighted by Gasteiger charge is 2.18. The Hall–Kier alpha value is -3.78. The number of carbonyl (C=O) groups excluding carboxylic acids is 1. The molecule has 0 saturated carbocycles. The summed E-state index contributed by atoms with van der Waals surface area (Å²) in [4.78, 5) is 23.6. The highest BCUT2D eigenvalue weighted by atomic mass is 35.5. The van der Waals surface area contributed by atoms with Gasteiger partial charge in [0.25, 0.3) is 11.6 Å². The Morgan fingerprint density at radius 1 is 1.00 bits per heavy atom. The number of rotatable bonds is 9. The molecule has 1 amide bonds. The number of anilines is 1. The molecule has 0 aliphatic rings. The van der Waals surface area contributed by atoms with Gasteiger partial charge in [-0.3, -0.25) is 14.9 Å². The maximum atomic E-state index is 12.6. The number of amides is 1. The van der Waals surface area contributed by atoms with Crippen molar-refractivity contribution >= 4 is 28.9 Å². The van der Waals surface area contributed by atoms with Crippen molar-refractivity contribution in [3.63, 3.8) is 0 Å². The third-order valence-electron chi connectivity index (χ3n) is 4.78. The van der Waals surface area contributed by atoms with Gasteiger partial charge in [0.15, 0.2) is 11.5 Å². The van der Waals surface area contributed by atoms with Gasteiger partial charge in [0, 0.05) is 29.7 Å². The van der Waals surface area contributed by atoms with E-state index in [1.165, 1.54) is 25.3 Å². The monoisotopic (exact) mass is 455 g/mol. The number of nitro benzene ring substituents is 1. The van der Waals surface area contributed by atoms with E-state index in [4.69, 9.17) is 21.1 Å². The lowest BCUT2D eigenvalue weighted by Crippen LogP contribution is -2.23. The Bertz CT molecular complexity index is 1140. The minimum absolute atomic E-state index is 0.181. The van der Waals surface area contributed by atoms with E-state index in [1.807, 2.05) is 18.2 Å². The first kappa shape index (κ1) is 22.9. The van der Waals surface area contributed by atoms with Gasteiger partial charge >= 0.3 is 0 Å². The lowest BCUT2D eigenvalue weighted by molar-refractivity contribution is -0.384. The summed E-state index contributed by atoms with van der Waals surface area (Å²) in [6.07, 6.45) is 0. The summed E-state index contributed by atoms with van der Waals surface area (Å²) >= 11 is 6.14. The van der Waals surface area contributed by atoms with Gasteiger partial charge in [0.2, 0.25) is 0 Å². The van der Waals surface area contributed by atoms with Crippen molar-refractivity contribution in [2.45, 2.75) is 13.1 Å². The van der Waals surface area contributed by atoms with Crippen LogP contribution in [0.5, 0.6) is 11.5 Å². The molecule has 0 atom stereocenters. The Balaban J connectivity index is 1.71. The second-order valence-electron chi connectivity index (χ2n) is 6.81. The Kier molecular flexibility index (Phi) is 7.51. The molecule has 0 heterocycles. The smallest absolute Gasteiger partial charge is 0.293 e. The highest BCUT2D eigenvalue weighted by Crippen LogP contribution is 2.28. The Labute approximate surface area is 190 Å². The minimum Gasteiger partial charge on any atom is -0.493 e. The first-order valence-corrected chi connectivity index (χ1v) is 10.1. The second-order valence-corrected chi connectivity index (χ2v) is 7.21. The summed E-state index contributed by atoms with van der Waals surface area (Å²) in [6, 6.07) is 16.8. The predicted molar refractivity (Wildman–Crippen MR) is 123 cm³/mol. The van der Waals surface area contributed by atoms with Gasteiger partial charge in [-0.05, 0) is 41.5 Å². The largest absolute Gasteiger partial charge is 0.493 e. The SMILES string of the molecule is COc1ccc(CNC(=O)c2ccc(NCc3ccccc3Cl)c([N+](=O)[O-])c2)cc1OC. The first-order valence-electron chi connectivity index (χ1n) is 9.67. The third-order valence-corrected chi connectivity index (χ3v) is 5.15. The summed E-state index contributed by atoms with van der Waals surface area (Å²) < 4.78 is 10.5. The second kappa shape index (κ2) is 10.5. The maximum absolute atomic E-state index is 12.6. The van der Waals surface area contributed by atoms with Crippen molar-refractivity contribution in [3.05, 3.63) is 92.5 Å². The molecule has 3 aromatic rings. The predicted octanol–water partition coefficient (Wildman–Crippen LogP) is 4.81. The van der Waals surface area contributed by atoms with E-state index in [0.717, 1.165) is 11.1 Å². The lowest BCUT2D eigenvalue weighted by atomic mass is 10.1. The van der Waals surface area contributed by atoms with Gasteiger partial charge in [0.05, 0.1) is 19.1 Å². The molecule has 0 radical (unpaired) electrons. The van der Waals surface area contributed by atoms with Crippen molar-refractivity contribution < 1.29 is 19.2 Å². The van der Waals surface area contributed by atoms with Crippen molar-refractivity contribution in [1.82, 2.24) is 5.32 Å². The topological polar surface area (TPSA) is 103 Å². The molecule has 0 aromatic heterocycles. The normalized spacial score (nSPS) is 10.3. The minimum atomic E-state index is -0.528. The standard InChI is InChI=1S/C23H22ClN3O5/c1-31-21-10-7-15(11-22(21)32-2)13-26-23(28)16-8-9-19(20(12-16)27(29)30)25-14-17-5-3-4-6-18(17)24/h3-12,25H,13-14H2,1-2H3,(H,26,28). The quantitative estimate of drug-likeness (QED) is 0.354. The molecule has 0 bridgehead atoms. The molecular formula is C23H22ClN3O5. The van der Waals surface area contributed by atoms with E-state index < -0.39 is 10.8 Å². The maximum Gasteiger partial charge on any atom is 0.293 e. The fourth-order valence-corrected chi connectivity index (χ4v) is 3.28. The first-order chi connectivity index (χ1) is 15.4. The zero-order valence-electron chi connectivity index (χ0n) is 17.6. The highest BCUT2D eigenvalue weighted by molar-refractivity contribution is 6.31. The summed E-state index contributed by atoms with van der Waals surface area (Å²) in [5.41, 5.74) is 1.88. The van der Waals surface area contributed by atoms with Gasteiger partial charge in [-0.15, -0.1) is 0 Å². The van der Waals surface area contributed by atoms with Crippen LogP contribution in [0.1, 0.15) is 21.5 Å². The summed E-state index contributed by atoms with van der Waals surface area (Å²) in [5.74, 6) is 0.697. The van der Waals surface area contributed by atoms with Crippen LogP contribution in [0, 0.1) is 10.1 Å². The van der Waals surface area contributed by atoms with Crippen LogP contribution in [-0.2, 0) is 13.1 Å². The third kappa shape index (κ3) is 5.47. The number of hydrogen-bond donors (Lipinski definition) is 2. The van der Waals surface area contributed by atoms with Crippen LogP contribution in [0.3, 0.4) is 0 Å². The fourth-order valence-electron chi connectivity index (χ4n) is 3.08. The van der Waals surface area contributed by atoms with E-state index >= 15 is 0 Å². The lowest BCUT2D eigenvalue weighted by Gasteiger charge is -2.11. The molecule has 166 valence electrons. The summed E-state index contributed by atoms with van der Waals surface area (Å²) in [7, 11) is 3.07. The van der Waals surface area contributed by atoms with Gasteiger partial charge in [-0.2, -0.15) is 0 Å². The number of benzene rings is 3. The van der Waals surface area contributed by atoms with E-state index in [2.05, 4.69) is 10.6 Å². The molecule has 0 aliphatic heterocycles. The molecule has 32 heavy (non-hydrogen) atoms. The molecule has 0 spiro atoms. The average molecular weight is 456 g/mol. The Morgan fingerprint density at radius 2 is 1.75 bits per heavy atom. The zero-order valence-corrected chi connectivity index (χ0v) is 18.3. The van der Waals surface area contributed by atoms with Gasteiger partial charge in [-0.1, -0.05) is 35.9 Å². The number of hydrogen-bond acceptors (Lipinski definition) is 6. The van der Waals surface area contributed by atoms with Gasteiger partial charge in [-0.25, -0.2) is 0 Å². The Morgan fingerprint density at radius 3 is 2.44 bits per heavy atom. The molecule has 0 saturated heterocycles. The van der Waals surface area contributed by atoms with E-state index in [1.54, 1.807) is 31.4 Å². The van der Waals surface area contributed by atoms with Crippen molar-refractivity contribution in [2.24, 2.45) is 0 Å². The molecule has 2 N–H and O–H groups in total. The number of carbonyl (C=O) groups is 1. The van der Waals surface area contributed by atoms with Crippen LogP contribution in [0.25, 0.3) is 0 Å². The molecular weight excluding hydrogens is 434 g/mol. The van der Waals surface area contributed by atoms with Crippen molar-refractivity contribution in [1.29, 1.82) is 0 Å². The molecule has 8 nitrogen and oxygen atoms in total. The zero-order chi connectivity index (χ0) is 23.1. The number of methoxy groups -OCH3 is 2. The van der Waals surface area contributed by atoms with Crippen LogP contribution in [-0.4, -0.2) is 25.1 Å². The number of nitrogens with one attached hydrogen (secondary N) is 2. The molecule has 3 rings (SSSR count). The van der Waals surface area contributed by atoms with E-state index in [-0.39, 0.29) is 17.8 Å². The van der Waals surface area contributed by atoms with Crippen molar-refractivity contribution in [3.8, 4) is 11.5 Å². The average Bonchev–Trinajstić information content (AvgIpc) is 2.81. The number of ether oxygens (including phenoxy) is 2. The van der Waals surface area contributed by atoms with Crippen LogP contribution in [0.2, 0.25) is 5.02 Å². The summed E-state index contributed by atoms with van der Waals surface area (Å²) in [6.45, 7) is 0.533. The van der Waals surface area contributed by atoms with Crippen LogP contribution < -0.4 is 20.1 Å². The van der Waals surface area contributed by atoms with Gasteiger partial charge < -0.3 is 20.1 Å². The van der Waals surface area contributed by atoms with Crippen LogP contribution >= 0.6 is 11.6 Å². The van der Waals surface area contributed by atoms with Crippen molar-refractivity contribution in [2.75, 3.05) is 19.5 Å². The molecule has 9 heteroatoms. The number of nitrogens with zero attached hydrogens (tertiary/aromatic N) is 1. The molecule has 0 fully saturated rings. The molecule has 0 aliphatic carbocycles. The number of nitro groups is 1. The number of halogens is 1. The summed E-state index contributed by atoms with van der Waals surface area (Å²) in [5, 5.41) is 17.9. The molecule has 3 aromatic carbocycles. The van der Waals surface area contributed by atoms with E-state index in [9.17, 15) is 14.9 Å². The van der Waals surface area contributed by atoms with Gasteiger partial charge in [0.1, 0.15) is 5.69 Å². The van der Waals surface area contributed by atoms with Crippen LogP contribution in [0.4, 0.5) is 11.4 Å². The van der Waals surface area contributed by atoms with E-state index in [0.29, 0.717) is 28.8 Å². The molecule has 0 unspecified atom stereocenters. The van der Waals surface area contributed by atoms with Crippen LogP contribution in [0.15, 0.2) is 60.7 Å². The fraction of sp³-hybridized carbons (Fsp3) is 0.174.